The van der Waals surface area contributed by atoms with Crippen molar-refractivity contribution < 1.29 is 14.3 Å². The van der Waals surface area contributed by atoms with Crippen molar-refractivity contribution in [1.82, 2.24) is 14.8 Å². The molecule has 0 amide bonds. The average molecular weight is 354 g/mol. The summed E-state index contributed by atoms with van der Waals surface area (Å²) in [5.41, 5.74) is 2.53. The van der Waals surface area contributed by atoms with Crippen molar-refractivity contribution in [3.8, 4) is 11.5 Å². The number of Topliss-reactive ketones (excluding diaryl/α,β-unsaturated/α-hetero) is 1. The summed E-state index contributed by atoms with van der Waals surface area (Å²) in [7, 11) is 3.20. The molecule has 1 atom stereocenters. The minimum atomic E-state index is -0.327. The SMILES string of the molecule is COc1ccc([C@H]2C3=C(CC(C)(C)CC3=O)Nc3ncnn32)cc1OC. The Bertz CT molecular complexity index is 913. The molecule has 0 spiro atoms. The summed E-state index contributed by atoms with van der Waals surface area (Å²) in [5.74, 6) is 2.06. The molecule has 1 N–H and O–H groups in total. The van der Waals surface area contributed by atoms with Gasteiger partial charge in [0.25, 0.3) is 0 Å². The van der Waals surface area contributed by atoms with Gasteiger partial charge in [-0.25, -0.2) is 4.68 Å². The molecule has 0 saturated carbocycles. The fourth-order valence-corrected chi connectivity index (χ4v) is 3.88. The van der Waals surface area contributed by atoms with E-state index in [0.717, 1.165) is 23.3 Å². The van der Waals surface area contributed by atoms with E-state index in [1.165, 1.54) is 6.33 Å². The van der Waals surface area contributed by atoms with Crippen LogP contribution >= 0.6 is 0 Å². The molecule has 7 nitrogen and oxygen atoms in total. The van der Waals surface area contributed by atoms with Gasteiger partial charge in [-0.05, 0) is 29.5 Å². The zero-order valence-corrected chi connectivity index (χ0v) is 15.4. The third-order valence-corrected chi connectivity index (χ3v) is 5.00. The maximum Gasteiger partial charge on any atom is 0.226 e. The maximum absolute atomic E-state index is 13.0. The van der Waals surface area contributed by atoms with Crippen LogP contribution in [0, 0.1) is 5.41 Å². The lowest BCUT2D eigenvalue weighted by Gasteiger charge is -2.38. The summed E-state index contributed by atoms with van der Waals surface area (Å²) in [6, 6.07) is 5.37. The monoisotopic (exact) mass is 354 g/mol. The molecule has 0 unspecified atom stereocenters. The number of hydrogen-bond donors (Lipinski definition) is 1. The maximum atomic E-state index is 13.0. The minimum absolute atomic E-state index is 0.0761. The second-order valence-electron chi connectivity index (χ2n) is 7.50. The number of aromatic nitrogens is 3. The quantitative estimate of drug-likeness (QED) is 0.913. The van der Waals surface area contributed by atoms with Crippen molar-refractivity contribution >= 4 is 11.7 Å². The van der Waals surface area contributed by atoms with E-state index in [4.69, 9.17) is 9.47 Å². The predicted molar refractivity (Wildman–Crippen MR) is 96.4 cm³/mol. The van der Waals surface area contributed by atoms with Gasteiger partial charge in [-0.2, -0.15) is 10.1 Å². The molecule has 1 aliphatic carbocycles. The van der Waals surface area contributed by atoms with E-state index in [9.17, 15) is 4.79 Å². The van der Waals surface area contributed by atoms with Gasteiger partial charge < -0.3 is 14.8 Å². The molecule has 2 aliphatic rings. The second-order valence-corrected chi connectivity index (χ2v) is 7.50. The molecule has 0 saturated heterocycles. The molecule has 26 heavy (non-hydrogen) atoms. The van der Waals surface area contributed by atoms with Crippen LogP contribution in [0.5, 0.6) is 11.5 Å². The van der Waals surface area contributed by atoms with Gasteiger partial charge in [-0.3, -0.25) is 4.79 Å². The highest BCUT2D eigenvalue weighted by molar-refractivity contribution is 6.00. The first-order valence-corrected chi connectivity index (χ1v) is 8.58. The molecular formula is C19H22N4O3. The molecule has 0 radical (unpaired) electrons. The summed E-state index contributed by atoms with van der Waals surface area (Å²) in [5, 5.41) is 7.67. The molecular weight excluding hydrogens is 332 g/mol. The molecule has 0 fully saturated rings. The summed E-state index contributed by atoms with van der Waals surface area (Å²) in [6.07, 6.45) is 2.82. The highest BCUT2D eigenvalue weighted by atomic mass is 16.5. The Labute approximate surface area is 152 Å². The fourth-order valence-electron chi connectivity index (χ4n) is 3.88. The number of methoxy groups -OCH3 is 2. The zero-order chi connectivity index (χ0) is 18.5. The predicted octanol–water partition coefficient (Wildman–Crippen LogP) is 2.95. The van der Waals surface area contributed by atoms with E-state index >= 15 is 0 Å². The number of carbonyl (C=O) groups excluding carboxylic acids is 1. The smallest absolute Gasteiger partial charge is 0.226 e. The van der Waals surface area contributed by atoms with Crippen LogP contribution in [0.3, 0.4) is 0 Å². The van der Waals surface area contributed by atoms with Crippen LogP contribution in [0.1, 0.15) is 38.3 Å². The van der Waals surface area contributed by atoms with Crippen LogP contribution in [0.4, 0.5) is 5.95 Å². The van der Waals surface area contributed by atoms with Crippen LogP contribution < -0.4 is 14.8 Å². The Morgan fingerprint density at radius 2 is 1.96 bits per heavy atom. The lowest BCUT2D eigenvalue weighted by atomic mass is 9.73. The van der Waals surface area contributed by atoms with Crippen LogP contribution in [0.25, 0.3) is 0 Å². The lowest BCUT2D eigenvalue weighted by Crippen LogP contribution is -2.36. The molecule has 1 aromatic carbocycles. The van der Waals surface area contributed by atoms with Gasteiger partial charge in [0.15, 0.2) is 17.3 Å². The van der Waals surface area contributed by atoms with Crippen molar-refractivity contribution in [2.24, 2.45) is 5.41 Å². The highest BCUT2D eigenvalue weighted by Gasteiger charge is 2.41. The molecule has 1 aliphatic heterocycles. The number of allylic oxidation sites excluding steroid dienone is 2. The molecule has 2 heterocycles. The lowest BCUT2D eigenvalue weighted by molar-refractivity contribution is -0.118. The Balaban J connectivity index is 1.89. The number of ether oxygens (including phenoxy) is 2. The molecule has 4 rings (SSSR count). The van der Waals surface area contributed by atoms with Gasteiger partial charge in [0.2, 0.25) is 5.95 Å². The first kappa shape index (κ1) is 16.6. The van der Waals surface area contributed by atoms with Gasteiger partial charge in [0.05, 0.1) is 14.2 Å². The van der Waals surface area contributed by atoms with Gasteiger partial charge >= 0.3 is 0 Å². The molecule has 7 heteroatoms. The Kier molecular flexibility index (Phi) is 3.75. The van der Waals surface area contributed by atoms with Crippen molar-refractivity contribution in [2.75, 3.05) is 19.5 Å². The van der Waals surface area contributed by atoms with E-state index in [-0.39, 0.29) is 17.2 Å². The number of benzene rings is 1. The van der Waals surface area contributed by atoms with E-state index in [1.807, 2.05) is 18.2 Å². The Morgan fingerprint density at radius 3 is 2.69 bits per heavy atom. The van der Waals surface area contributed by atoms with E-state index in [2.05, 4.69) is 29.2 Å². The van der Waals surface area contributed by atoms with Crippen LogP contribution in [0.2, 0.25) is 0 Å². The summed E-state index contributed by atoms with van der Waals surface area (Å²) in [4.78, 5) is 17.3. The first-order valence-electron chi connectivity index (χ1n) is 8.58. The second kappa shape index (κ2) is 5.86. The third kappa shape index (κ3) is 2.55. The number of rotatable bonds is 3. The number of anilines is 1. The summed E-state index contributed by atoms with van der Waals surface area (Å²) >= 11 is 0. The number of carbonyl (C=O) groups is 1. The van der Waals surface area contributed by atoms with Crippen molar-refractivity contribution in [3.63, 3.8) is 0 Å². The molecule has 1 aromatic heterocycles. The summed E-state index contributed by atoms with van der Waals surface area (Å²) < 4.78 is 12.5. The van der Waals surface area contributed by atoms with Crippen LogP contribution in [-0.2, 0) is 4.79 Å². The minimum Gasteiger partial charge on any atom is -0.493 e. The number of fused-ring (bicyclic) bond motifs is 1. The normalized spacial score (nSPS) is 20.9. The van der Waals surface area contributed by atoms with E-state index < -0.39 is 0 Å². The van der Waals surface area contributed by atoms with Crippen LogP contribution in [0.15, 0.2) is 35.8 Å². The van der Waals surface area contributed by atoms with Crippen molar-refractivity contribution in [2.45, 2.75) is 32.7 Å². The van der Waals surface area contributed by atoms with Crippen molar-refractivity contribution in [1.29, 1.82) is 0 Å². The van der Waals surface area contributed by atoms with Gasteiger partial charge in [-0.1, -0.05) is 19.9 Å². The zero-order valence-electron chi connectivity index (χ0n) is 15.4. The van der Waals surface area contributed by atoms with Gasteiger partial charge in [0.1, 0.15) is 12.4 Å². The molecule has 2 aromatic rings. The topological polar surface area (TPSA) is 78.3 Å². The summed E-state index contributed by atoms with van der Waals surface area (Å²) in [6.45, 7) is 4.22. The van der Waals surface area contributed by atoms with E-state index in [1.54, 1.807) is 18.9 Å². The number of nitrogens with zero attached hydrogens (tertiary/aromatic N) is 3. The number of nitrogens with one attached hydrogen (secondary N) is 1. The molecule has 0 bridgehead atoms. The fraction of sp³-hybridized carbons (Fsp3) is 0.421. The molecule has 136 valence electrons. The van der Waals surface area contributed by atoms with Crippen LogP contribution in [-0.4, -0.2) is 34.8 Å². The standard InChI is InChI=1S/C19H22N4O3/c1-19(2)8-12-16(13(24)9-19)17(23-18(22-12)20-10-21-23)11-5-6-14(25-3)15(7-11)26-4/h5-7,10,17H,8-9H2,1-4H3,(H,20,21,22)/t17-/m0/s1. The van der Waals surface area contributed by atoms with Gasteiger partial charge in [0, 0.05) is 17.7 Å². The third-order valence-electron chi connectivity index (χ3n) is 5.00. The first-order chi connectivity index (χ1) is 12.4. The van der Waals surface area contributed by atoms with Crippen molar-refractivity contribution in [3.05, 3.63) is 41.4 Å². The highest BCUT2D eigenvalue weighted by Crippen LogP contribution is 2.46. The average Bonchev–Trinajstić information content (AvgIpc) is 3.06. The van der Waals surface area contributed by atoms with Gasteiger partial charge in [-0.15, -0.1) is 0 Å². The number of hydrogen-bond acceptors (Lipinski definition) is 6. The largest absolute Gasteiger partial charge is 0.493 e. The van der Waals surface area contributed by atoms with E-state index in [0.29, 0.717) is 23.9 Å². The Morgan fingerprint density at radius 1 is 1.19 bits per heavy atom. The number of ketones is 1. The Hall–Kier alpha value is -2.83.